The molecule has 10 heteroatoms. The number of aryl methyl sites for hydroxylation is 1. The summed E-state index contributed by atoms with van der Waals surface area (Å²) in [6, 6.07) is 7.52. The molecule has 2 aromatic heterocycles. The largest absolute Gasteiger partial charge is 0.439 e. The lowest BCUT2D eigenvalue weighted by Crippen LogP contribution is -2.51. The highest BCUT2D eigenvalue weighted by Crippen LogP contribution is 2.27. The number of rotatable bonds is 6. The predicted molar refractivity (Wildman–Crippen MR) is 114 cm³/mol. The Bertz CT molecular complexity index is 1090. The van der Waals surface area contributed by atoms with Gasteiger partial charge in [0.05, 0.1) is 11.8 Å². The van der Waals surface area contributed by atoms with Crippen molar-refractivity contribution < 1.29 is 19.0 Å². The Morgan fingerprint density at radius 3 is 2.78 bits per heavy atom. The first kappa shape index (κ1) is 21.6. The monoisotopic (exact) mass is 438 g/mol. The van der Waals surface area contributed by atoms with Crippen LogP contribution in [0, 0.1) is 12.7 Å². The number of piperidine rings is 1. The molecule has 0 bridgehead atoms. The van der Waals surface area contributed by atoms with E-state index in [4.69, 9.17) is 4.74 Å². The maximum absolute atomic E-state index is 13.4. The molecule has 3 heterocycles. The topological polar surface area (TPSA) is 113 Å². The van der Waals surface area contributed by atoms with Gasteiger partial charge in [-0.1, -0.05) is 6.07 Å². The number of hydrogen-bond donors (Lipinski definition) is 2. The summed E-state index contributed by atoms with van der Waals surface area (Å²) < 4.78 is 19.1. The van der Waals surface area contributed by atoms with Crippen molar-refractivity contribution in [1.29, 1.82) is 0 Å². The smallest absolute Gasteiger partial charge is 0.271 e. The van der Waals surface area contributed by atoms with Crippen LogP contribution in [0.4, 0.5) is 10.3 Å². The summed E-state index contributed by atoms with van der Waals surface area (Å²) in [4.78, 5) is 30.9. The van der Waals surface area contributed by atoms with Crippen LogP contribution in [0.2, 0.25) is 0 Å². The number of carbonyl (C=O) groups is 1. The molecule has 0 unspecified atom stereocenters. The number of hydrogen-bond acceptors (Lipinski definition) is 8. The van der Waals surface area contributed by atoms with Crippen LogP contribution in [0.25, 0.3) is 0 Å². The van der Waals surface area contributed by atoms with E-state index in [9.17, 15) is 14.3 Å². The molecule has 1 amide bonds. The number of ether oxygens (including phenoxy) is 1. The number of nitrogens with one attached hydrogen (secondary N) is 1. The summed E-state index contributed by atoms with van der Waals surface area (Å²) in [5, 5.41) is 13.6. The van der Waals surface area contributed by atoms with Gasteiger partial charge in [0.15, 0.2) is 0 Å². The van der Waals surface area contributed by atoms with Crippen LogP contribution >= 0.6 is 0 Å². The quantitative estimate of drug-likeness (QED) is 0.603. The van der Waals surface area contributed by atoms with Crippen molar-refractivity contribution in [2.24, 2.45) is 0 Å². The van der Waals surface area contributed by atoms with Gasteiger partial charge in [-0.2, -0.15) is 4.98 Å². The molecule has 3 aromatic rings. The number of carbonyl (C=O) groups excluding carboxylic acids is 1. The highest BCUT2D eigenvalue weighted by atomic mass is 19.1. The molecule has 1 aromatic carbocycles. The van der Waals surface area contributed by atoms with Gasteiger partial charge in [-0.3, -0.25) is 9.78 Å². The highest BCUT2D eigenvalue weighted by molar-refractivity contribution is 5.91. The molecule has 0 radical (unpaired) electrons. The minimum Gasteiger partial charge on any atom is -0.439 e. The molecule has 32 heavy (non-hydrogen) atoms. The third kappa shape index (κ3) is 5.33. The minimum atomic E-state index is -1.04. The average molecular weight is 438 g/mol. The van der Waals surface area contributed by atoms with Gasteiger partial charge in [0.1, 0.15) is 17.3 Å². The van der Waals surface area contributed by atoms with Gasteiger partial charge >= 0.3 is 0 Å². The Balaban J connectivity index is 1.37. The van der Waals surface area contributed by atoms with Crippen molar-refractivity contribution in [2.75, 3.05) is 24.5 Å². The zero-order valence-corrected chi connectivity index (χ0v) is 17.5. The van der Waals surface area contributed by atoms with Crippen LogP contribution in [0.3, 0.4) is 0 Å². The summed E-state index contributed by atoms with van der Waals surface area (Å²) >= 11 is 0. The Morgan fingerprint density at radius 1 is 1.25 bits per heavy atom. The molecule has 0 atom stereocenters. The van der Waals surface area contributed by atoms with E-state index in [-0.39, 0.29) is 18.1 Å². The van der Waals surface area contributed by atoms with Crippen molar-refractivity contribution in [3.8, 4) is 11.6 Å². The van der Waals surface area contributed by atoms with Crippen LogP contribution in [-0.2, 0) is 0 Å². The SMILES string of the molecule is Cc1cc(Oc2cccc(F)c2)nc(N2CCC(O)(CNC(=O)c3cnccn3)CC2)n1. The summed E-state index contributed by atoms with van der Waals surface area (Å²) in [6.07, 6.45) is 5.15. The number of aliphatic hydroxyl groups is 1. The second-order valence-corrected chi connectivity index (χ2v) is 7.69. The summed E-state index contributed by atoms with van der Waals surface area (Å²) in [7, 11) is 0. The molecule has 1 aliphatic heterocycles. The van der Waals surface area contributed by atoms with Crippen molar-refractivity contribution in [1.82, 2.24) is 25.3 Å². The van der Waals surface area contributed by atoms with Crippen LogP contribution in [0.1, 0.15) is 29.0 Å². The number of nitrogens with zero attached hydrogens (tertiary/aromatic N) is 5. The molecule has 9 nitrogen and oxygen atoms in total. The van der Waals surface area contributed by atoms with E-state index in [0.717, 1.165) is 0 Å². The molecule has 1 saturated heterocycles. The minimum absolute atomic E-state index is 0.110. The first-order valence-electron chi connectivity index (χ1n) is 10.2. The van der Waals surface area contributed by atoms with Crippen molar-refractivity contribution in [2.45, 2.75) is 25.4 Å². The fourth-order valence-electron chi connectivity index (χ4n) is 3.42. The Hall–Kier alpha value is -3.66. The first-order chi connectivity index (χ1) is 15.4. The highest BCUT2D eigenvalue weighted by Gasteiger charge is 2.34. The van der Waals surface area contributed by atoms with Gasteiger partial charge in [-0.15, -0.1) is 0 Å². The molecule has 166 valence electrons. The lowest BCUT2D eigenvalue weighted by atomic mass is 9.91. The van der Waals surface area contributed by atoms with E-state index in [2.05, 4.69) is 25.3 Å². The zero-order chi connectivity index (χ0) is 22.6. The Labute approximate surface area is 184 Å². The fraction of sp³-hybridized carbons (Fsp3) is 0.318. The molecule has 4 rings (SSSR count). The molecule has 1 aliphatic rings. The van der Waals surface area contributed by atoms with Crippen LogP contribution in [0.15, 0.2) is 48.9 Å². The number of anilines is 1. The molecule has 0 aliphatic carbocycles. The second-order valence-electron chi connectivity index (χ2n) is 7.69. The molecule has 0 saturated carbocycles. The molecule has 2 N–H and O–H groups in total. The lowest BCUT2D eigenvalue weighted by molar-refractivity contribution is 0.0163. The van der Waals surface area contributed by atoms with Gasteiger partial charge < -0.3 is 20.1 Å². The first-order valence-corrected chi connectivity index (χ1v) is 10.2. The number of benzene rings is 1. The second kappa shape index (κ2) is 9.23. The van der Waals surface area contributed by atoms with E-state index in [0.29, 0.717) is 49.2 Å². The van der Waals surface area contributed by atoms with Crippen molar-refractivity contribution >= 4 is 11.9 Å². The lowest BCUT2D eigenvalue weighted by Gasteiger charge is -2.38. The van der Waals surface area contributed by atoms with Crippen LogP contribution < -0.4 is 15.0 Å². The average Bonchev–Trinajstić information content (AvgIpc) is 2.78. The molecular formula is C22H23FN6O3. The summed E-state index contributed by atoms with van der Waals surface area (Å²) in [6.45, 7) is 2.94. The maximum atomic E-state index is 13.4. The van der Waals surface area contributed by atoms with Gasteiger partial charge in [-0.25, -0.2) is 14.4 Å². The number of halogens is 1. The predicted octanol–water partition coefficient (Wildman–Crippen LogP) is 2.27. The standard InChI is InChI=1S/C22H23FN6O3/c1-15-11-19(32-17-4-2-3-16(23)12-17)28-21(27-15)29-9-5-22(31,6-10-29)14-26-20(30)18-13-24-7-8-25-18/h2-4,7-8,11-13,31H,5-6,9-10,14H2,1H3,(H,26,30). The Morgan fingerprint density at radius 2 is 2.06 bits per heavy atom. The third-order valence-electron chi connectivity index (χ3n) is 5.19. The third-order valence-corrected chi connectivity index (χ3v) is 5.19. The summed E-state index contributed by atoms with van der Waals surface area (Å²) in [5.74, 6) is 0.364. The van der Waals surface area contributed by atoms with Gasteiger partial charge in [-0.05, 0) is 31.9 Å². The van der Waals surface area contributed by atoms with Crippen LogP contribution in [-0.4, -0.2) is 56.2 Å². The fourth-order valence-corrected chi connectivity index (χ4v) is 3.42. The van der Waals surface area contributed by atoms with Crippen molar-refractivity contribution in [3.63, 3.8) is 0 Å². The molecular weight excluding hydrogens is 415 g/mol. The van der Waals surface area contributed by atoms with Gasteiger partial charge in [0.25, 0.3) is 5.91 Å². The van der Waals surface area contributed by atoms with E-state index < -0.39 is 11.4 Å². The van der Waals surface area contributed by atoms with E-state index >= 15 is 0 Å². The van der Waals surface area contributed by atoms with E-state index in [1.807, 2.05) is 11.8 Å². The normalized spacial score (nSPS) is 15.3. The molecule has 1 fully saturated rings. The van der Waals surface area contributed by atoms with Crippen molar-refractivity contribution in [3.05, 3.63) is 66.1 Å². The van der Waals surface area contributed by atoms with E-state index in [1.165, 1.54) is 30.7 Å². The Kier molecular flexibility index (Phi) is 6.22. The number of aromatic nitrogens is 4. The zero-order valence-electron chi connectivity index (χ0n) is 17.5. The van der Waals surface area contributed by atoms with Crippen LogP contribution in [0.5, 0.6) is 11.6 Å². The summed E-state index contributed by atoms with van der Waals surface area (Å²) in [5.41, 5.74) is -0.134. The number of amides is 1. The van der Waals surface area contributed by atoms with Gasteiger partial charge in [0.2, 0.25) is 11.8 Å². The van der Waals surface area contributed by atoms with Gasteiger partial charge in [0, 0.05) is 49.9 Å². The maximum Gasteiger partial charge on any atom is 0.271 e. The van der Waals surface area contributed by atoms with E-state index in [1.54, 1.807) is 18.2 Å². The molecule has 0 spiro atoms.